The molecule has 7 heteroatoms. The molecule has 1 heterocycles. The fourth-order valence-electron chi connectivity index (χ4n) is 1.91. The summed E-state index contributed by atoms with van der Waals surface area (Å²) in [6.07, 6.45) is 0.991. The van der Waals surface area contributed by atoms with E-state index in [0.717, 1.165) is 31.2 Å². The largest absolute Gasteiger partial charge is 0.307 e. The van der Waals surface area contributed by atoms with Crippen molar-refractivity contribution in [2.24, 2.45) is 0 Å². The van der Waals surface area contributed by atoms with Crippen LogP contribution < -0.4 is 5.32 Å². The van der Waals surface area contributed by atoms with Crippen LogP contribution in [0.3, 0.4) is 0 Å². The van der Waals surface area contributed by atoms with Crippen molar-refractivity contribution >= 4 is 0 Å². The lowest BCUT2D eigenvalue weighted by Gasteiger charge is -2.13. The van der Waals surface area contributed by atoms with Gasteiger partial charge in [0.05, 0.1) is 12.6 Å². The molecule has 2 aromatic rings. The molecule has 1 unspecified atom stereocenters. The first-order chi connectivity index (χ1) is 9.61. The highest BCUT2D eigenvalue weighted by Gasteiger charge is 2.15. The molecule has 1 aromatic carbocycles. The lowest BCUT2D eigenvalue weighted by molar-refractivity contribution is 0.495. The second-order valence-electron chi connectivity index (χ2n) is 4.61. The Balaban J connectivity index is 2.18. The van der Waals surface area contributed by atoms with E-state index in [0.29, 0.717) is 5.82 Å². The first-order valence-electron chi connectivity index (χ1n) is 6.55. The normalized spacial score (nSPS) is 12.6. The van der Waals surface area contributed by atoms with Crippen molar-refractivity contribution in [2.75, 3.05) is 6.54 Å². The minimum atomic E-state index is -0.479. The van der Waals surface area contributed by atoms with Crippen molar-refractivity contribution in [1.82, 2.24) is 25.5 Å². The Kier molecular flexibility index (Phi) is 4.73. The predicted molar refractivity (Wildman–Crippen MR) is 70.0 cm³/mol. The highest BCUT2D eigenvalue weighted by molar-refractivity contribution is 5.19. The average molecular weight is 281 g/mol. The topological polar surface area (TPSA) is 55.6 Å². The van der Waals surface area contributed by atoms with Crippen LogP contribution in [0.5, 0.6) is 0 Å². The van der Waals surface area contributed by atoms with Crippen molar-refractivity contribution in [3.8, 4) is 0 Å². The van der Waals surface area contributed by atoms with E-state index in [-0.39, 0.29) is 18.2 Å². The molecule has 0 aliphatic carbocycles. The van der Waals surface area contributed by atoms with Gasteiger partial charge in [-0.2, -0.15) is 0 Å². The van der Waals surface area contributed by atoms with E-state index in [1.165, 1.54) is 4.68 Å². The van der Waals surface area contributed by atoms with Gasteiger partial charge in [0.2, 0.25) is 0 Å². The van der Waals surface area contributed by atoms with E-state index < -0.39 is 11.6 Å². The molecule has 108 valence electrons. The predicted octanol–water partition coefficient (Wildman–Crippen LogP) is 2.06. The second-order valence-corrected chi connectivity index (χ2v) is 4.61. The number of hydrogen-bond donors (Lipinski definition) is 1. The van der Waals surface area contributed by atoms with Gasteiger partial charge in [0.15, 0.2) is 5.82 Å². The Hall–Kier alpha value is -1.89. The van der Waals surface area contributed by atoms with E-state index in [1.807, 2.05) is 6.92 Å². The van der Waals surface area contributed by atoms with Gasteiger partial charge in [0.25, 0.3) is 0 Å². The van der Waals surface area contributed by atoms with Crippen molar-refractivity contribution in [1.29, 1.82) is 0 Å². The Morgan fingerprint density at radius 2 is 2.15 bits per heavy atom. The highest BCUT2D eigenvalue weighted by atomic mass is 19.1. The SMILES string of the molecule is CCCNC(C)c1nnnn1Cc1cc(F)ccc1F. The van der Waals surface area contributed by atoms with Crippen LogP contribution in [-0.2, 0) is 6.54 Å². The Morgan fingerprint density at radius 1 is 1.35 bits per heavy atom. The monoisotopic (exact) mass is 281 g/mol. The summed E-state index contributed by atoms with van der Waals surface area (Å²) >= 11 is 0. The summed E-state index contributed by atoms with van der Waals surface area (Å²) in [5.41, 5.74) is 0.223. The third-order valence-corrected chi connectivity index (χ3v) is 2.98. The number of nitrogens with zero attached hydrogens (tertiary/aromatic N) is 4. The molecule has 0 spiro atoms. The van der Waals surface area contributed by atoms with Crippen LogP contribution in [0.4, 0.5) is 8.78 Å². The summed E-state index contributed by atoms with van der Waals surface area (Å²) in [5, 5.41) is 14.6. The molecule has 0 aliphatic rings. The Labute approximate surface area is 116 Å². The third kappa shape index (κ3) is 3.36. The number of aromatic nitrogens is 4. The van der Waals surface area contributed by atoms with Gasteiger partial charge in [-0.05, 0) is 48.5 Å². The molecule has 1 N–H and O–H groups in total. The smallest absolute Gasteiger partial charge is 0.168 e. The molecular formula is C13H17F2N5. The van der Waals surface area contributed by atoms with Gasteiger partial charge in [-0.15, -0.1) is 5.10 Å². The third-order valence-electron chi connectivity index (χ3n) is 2.98. The molecule has 1 aromatic heterocycles. The fraction of sp³-hybridized carbons (Fsp3) is 0.462. The fourth-order valence-corrected chi connectivity index (χ4v) is 1.91. The number of rotatable bonds is 6. The minimum Gasteiger partial charge on any atom is -0.307 e. The maximum Gasteiger partial charge on any atom is 0.168 e. The van der Waals surface area contributed by atoms with Gasteiger partial charge in [0.1, 0.15) is 11.6 Å². The average Bonchev–Trinajstić information content (AvgIpc) is 2.88. The van der Waals surface area contributed by atoms with E-state index in [4.69, 9.17) is 0 Å². The van der Waals surface area contributed by atoms with Gasteiger partial charge in [-0.3, -0.25) is 0 Å². The van der Waals surface area contributed by atoms with Crippen molar-refractivity contribution in [3.05, 3.63) is 41.2 Å². The van der Waals surface area contributed by atoms with E-state index in [9.17, 15) is 8.78 Å². The van der Waals surface area contributed by atoms with Crippen LogP contribution in [0.2, 0.25) is 0 Å². The number of hydrogen-bond acceptors (Lipinski definition) is 4. The summed E-state index contributed by atoms with van der Waals surface area (Å²) in [5.74, 6) is -0.350. The number of halogens is 2. The molecule has 0 amide bonds. The van der Waals surface area contributed by atoms with Crippen LogP contribution >= 0.6 is 0 Å². The van der Waals surface area contributed by atoms with Crippen molar-refractivity contribution < 1.29 is 8.78 Å². The maximum atomic E-state index is 13.6. The first-order valence-corrected chi connectivity index (χ1v) is 6.55. The standard InChI is InChI=1S/C13H17F2N5/c1-3-6-16-9(2)13-17-18-19-20(13)8-10-7-11(14)4-5-12(10)15/h4-5,7,9,16H,3,6,8H2,1-2H3. The summed E-state index contributed by atoms with van der Waals surface area (Å²) < 4.78 is 28.3. The van der Waals surface area contributed by atoms with Crippen LogP contribution in [0.1, 0.15) is 37.7 Å². The van der Waals surface area contributed by atoms with Gasteiger partial charge < -0.3 is 5.32 Å². The molecule has 0 saturated heterocycles. The molecular weight excluding hydrogens is 264 g/mol. The summed E-state index contributed by atoms with van der Waals surface area (Å²) in [6.45, 7) is 4.93. The molecule has 5 nitrogen and oxygen atoms in total. The van der Waals surface area contributed by atoms with Crippen molar-refractivity contribution in [2.45, 2.75) is 32.9 Å². The second kappa shape index (κ2) is 6.51. The number of tetrazole rings is 1. The highest BCUT2D eigenvalue weighted by Crippen LogP contribution is 2.14. The number of nitrogens with one attached hydrogen (secondary N) is 1. The maximum absolute atomic E-state index is 13.6. The summed E-state index contributed by atoms with van der Waals surface area (Å²) in [7, 11) is 0. The van der Waals surface area contributed by atoms with Crippen LogP contribution in [0.15, 0.2) is 18.2 Å². The van der Waals surface area contributed by atoms with Gasteiger partial charge in [-0.1, -0.05) is 6.92 Å². The van der Waals surface area contributed by atoms with E-state index >= 15 is 0 Å². The number of benzene rings is 1. The molecule has 2 rings (SSSR count). The molecule has 0 fully saturated rings. The van der Waals surface area contributed by atoms with Crippen LogP contribution in [-0.4, -0.2) is 26.8 Å². The zero-order valence-electron chi connectivity index (χ0n) is 11.5. The molecule has 0 radical (unpaired) electrons. The lowest BCUT2D eigenvalue weighted by atomic mass is 10.2. The van der Waals surface area contributed by atoms with E-state index in [2.05, 4.69) is 27.8 Å². The lowest BCUT2D eigenvalue weighted by Crippen LogP contribution is -2.23. The molecule has 0 saturated carbocycles. The zero-order valence-corrected chi connectivity index (χ0v) is 11.5. The Morgan fingerprint density at radius 3 is 2.90 bits per heavy atom. The molecule has 0 bridgehead atoms. The van der Waals surface area contributed by atoms with E-state index in [1.54, 1.807) is 0 Å². The molecule has 0 aliphatic heterocycles. The van der Waals surface area contributed by atoms with Crippen LogP contribution in [0.25, 0.3) is 0 Å². The minimum absolute atomic E-state index is 0.0541. The first kappa shape index (κ1) is 14.5. The quantitative estimate of drug-likeness (QED) is 0.880. The molecule has 1 atom stereocenters. The van der Waals surface area contributed by atoms with Gasteiger partial charge in [0, 0.05) is 5.56 Å². The summed E-state index contributed by atoms with van der Waals surface area (Å²) in [4.78, 5) is 0. The Bertz CT molecular complexity index is 570. The van der Waals surface area contributed by atoms with Gasteiger partial charge in [-0.25, -0.2) is 13.5 Å². The zero-order chi connectivity index (χ0) is 14.5. The van der Waals surface area contributed by atoms with Crippen molar-refractivity contribution in [3.63, 3.8) is 0 Å². The molecule has 20 heavy (non-hydrogen) atoms. The van der Waals surface area contributed by atoms with Gasteiger partial charge >= 0.3 is 0 Å². The van der Waals surface area contributed by atoms with Crippen LogP contribution in [0, 0.1) is 11.6 Å². The summed E-state index contributed by atoms with van der Waals surface area (Å²) in [6, 6.07) is 3.30.